The van der Waals surface area contributed by atoms with Gasteiger partial charge in [0.1, 0.15) is 5.75 Å². The van der Waals surface area contributed by atoms with Gasteiger partial charge in [-0.25, -0.2) is 0 Å². The first-order valence-corrected chi connectivity index (χ1v) is 6.90. The zero-order valence-corrected chi connectivity index (χ0v) is 12.7. The van der Waals surface area contributed by atoms with Crippen LogP contribution in [-0.4, -0.2) is 39.3 Å². The summed E-state index contributed by atoms with van der Waals surface area (Å²) in [6.45, 7) is 0.462. The molecule has 0 radical (unpaired) electrons. The summed E-state index contributed by atoms with van der Waals surface area (Å²) < 4.78 is 15.7. The lowest BCUT2D eigenvalue weighted by Crippen LogP contribution is -2.54. The second-order valence-electron chi connectivity index (χ2n) is 5.31. The molecule has 1 aromatic rings. The second kappa shape index (κ2) is 6.22. The Labute approximate surface area is 124 Å². The summed E-state index contributed by atoms with van der Waals surface area (Å²) in [5, 5.41) is 2.86. The van der Waals surface area contributed by atoms with Crippen molar-refractivity contribution in [1.29, 1.82) is 0 Å². The van der Waals surface area contributed by atoms with E-state index in [1.807, 2.05) is 0 Å². The number of hydrogen-bond acceptors (Lipinski definition) is 5. The Balaban J connectivity index is 2.18. The van der Waals surface area contributed by atoms with E-state index in [1.54, 1.807) is 12.1 Å². The van der Waals surface area contributed by atoms with Gasteiger partial charge in [-0.05, 0) is 19.3 Å². The van der Waals surface area contributed by atoms with Crippen molar-refractivity contribution in [2.24, 2.45) is 5.73 Å². The molecule has 1 aliphatic rings. The Kier molecular flexibility index (Phi) is 4.57. The van der Waals surface area contributed by atoms with Crippen LogP contribution >= 0.6 is 0 Å². The van der Waals surface area contributed by atoms with E-state index in [2.05, 4.69) is 5.32 Å². The molecule has 0 atom stereocenters. The van der Waals surface area contributed by atoms with Crippen LogP contribution in [0.4, 0.5) is 0 Å². The fourth-order valence-electron chi connectivity index (χ4n) is 2.37. The fraction of sp³-hybridized carbons (Fsp3) is 0.533. The lowest BCUT2D eigenvalue weighted by molar-refractivity contribution is 0.0926. The van der Waals surface area contributed by atoms with E-state index in [4.69, 9.17) is 19.9 Å². The molecule has 0 aliphatic heterocycles. The molecule has 0 saturated heterocycles. The van der Waals surface area contributed by atoms with Crippen LogP contribution in [0.3, 0.4) is 0 Å². The number of nitrogens with one attached hydrogen (secondary N) is 1. The van der Waals surface area contributed by atoms with E-state index in [9.17, 15) is 4.79 Å². The predicted octanol–water partition coefficient (Wildman–Crippen LogP) is 1.32. The van der Waals surface area contributed by atoms with Crippen molar-refractivity contribution in [3.63, 3.8) is 0 Å². The van der Waals surface area contributed by atoms with Gasteiger partial charge in [0.05, 0.1) is 26.9 Å². The summed E-state index contributed by atoms with van der Waals surface area (Å²) in [7, 11) is 4.56. The molecule has 1 saturated carbocycles. The molecular weight excluding hydrogens is 272 g/mol. The van der Waals surface area contributed by atoms with E-state index < -0.39 is 0 Å². The lowest BCUT2D eigenvalue weighted by atomic mass is 9.78. The van der Waals surface area contributed by atoms with Crippen molar-refractivity contribution >= 4 is 5.91 Å². The van der Waals surface area contributed by atoms with E-state index in [-0.39, 0.29) is 11.4 Å². The van der Waals surface area contributed by atoms with E-state index in [0.29, 0.717) is 29.4 Å². The smallest absolute Gasteiger partial charge is 0.255 e. The standard InChI is InChI=1S/C15H22N2O4/c1-19-11-8-13(21-3)12(20-2)7-10(11)14(18)17-9-15(16)5-4-6-15/h7-8H,4-6,9,16H2,1-3H3,(H,17,18). The Morgan fingerprint density at radius 1 is 1.14 bits per heavy atom. The number of methoxy groups -OCH3 is 3. The molecule has 1 amide bonds. The number of carbonyl (C=O) groups excluding carboxylic acids is 1. The highest BCUT2D eigenvalue weighted by Crippen LogP contribution is 2.34. The molecule has 3 N–H and O–H groups in total. The van der Waals surface area contributed by atoms with Crippen molar-refractivity contribution in [3.05, 3.63) is 17.7 Å². The summed E-state index contributed by atoms with van der Waals surface area (Å²) in [6.07, 6.45) is 3.00. The Morgan fingerprint density at radius 3 is 2.19 bits per heavy atom. The van der Waals surface area contributed by atoms with Gasteiger partial charge in [0.2, 0.25) is 0 Å². The summed E-state index contributed by atoms with van der Waals surface area (Å²) in [5.74, 6) is 1.20. The lowest BCUT2D eigenvalue weighted by Gasteiger charge is -2.38. The first-order valence-electron chi connectivity index (χ1n) is 6.90. The minimum absolute atomic E-state index is 0.232. The zero-order valence-electron chi connectivity index (χ0n) is 12.7. The third-order valence-corrected chi connectivity index (χ3v) is 3.90. The molecule has 0 heterocycles. The summed E-state index contributed by atoms with van der Waals surface area (Å²) in [6, 6.07) is 3.24. The summed E-state index contributed by atoms with van der Waals surface area (Å²) in [5.41, 5.74) is 6.25. The van der Waals surface area contributed by atoms with Gasteiger partial charge in [-0.1, -0.05) is 0 Å². The van der Waals surface area contributed by atoms with Crippen molar-refractivity contribution in [3.8, 4) is 17.2 Å². The summed E-state index contributed by atoms with van der Waals surface area (Å²) in [4.78, 5) is 12.3. The van der Waals surface area contributed by atoms with Gasteiger partial charge in [0, 0.05) is 24.2 Å². The molecule has 21 heavy (non-hydrogen) atoms. The molecule has 0 bridgehead atoms. The van der Waals surface area contributed by atoms with Gasteiger partial charge in [0.15, 0.2) is 11.5 Å². The van der Waals surface area contributed by atoms with Crippen LogP contribution in [0.1, 0.15) is 29.6 Å². The van der Waals surface area contributed by atoms with Crippen LogP contribution in [-0.2, 0) is 0 Å². The SMILES string of the molecule is COc1cc(OC)c(C(=O)NCC2(N)CCC2)cc1OC. The molecule has 6 nitrogen and oxygen atoms in total. The molecule has 116 valence electrons. The highest BCUT2D eigenvalue weighted by atomic mass is 16.5. The number of nitrogens with two attached hydrogens (primary N) is 1. The maximum atomic E-state index is 12.3. The zero-order chi connectivity index (χ0) is 15.5. The number of amides is 1. The van der Waals surface area contributed by atoms with Crippen LogP contribution in [0.2, 0.25) is 0 Å². The molecule has 1 fully saturated rings. The maximum Gasteiger partial charge on any atom is 0.255 e. The third kappa shape index (κ3) is 3.21. The minimum Gasteiger partial charge on any atom is -0.496 e. The van der Waals surface area contributed by atoms with Crippen LogP contribution in [0.15, 0.2) is 12.1 Å². The van der Waals surface area contributed by atoms with Crippen molar-refractivity contribution in [2.75, 3.05) is 27.9 Å². The Hall–Kier alpha value is -1.95. The van der Waals surface area contributed by atoms with Crippen LogP contribution in [0.25, 0.3) is 0 Å². The van der Waals surface area contributed by atoms with Crippen molar-refractivity contribution < 1.29 is 19.0 Å². The fourth-order valence-corrected chi connectivity index (χ4v) is 2.37. The number of hydrogen-bond donors (Lipinski definition) is 2. The molecule has 0 unspecified atom stereocenters. The topological polar surface area (TPSA) is 82.8 Å². The third-order valence-electron chi connectivity index (χ3n) is 3.90. The molecule has 0 aromatic heterocycles. The number of ether oxygens (including phenoxy) is 3. The van der Waals surface area contributed by atoms with Gasteiger partial charge in [-0.3, -0.25) is 4.79 Å². The van der Waals surface area contributed by atoms with Gasteiger partial charge >= 0.3 is 0 Å². The monoisotopic (exact) mass is 294 g/mol. The van der Waals surface area contributed by atoms with E-state index in [0.717, 1.165) is 19.3 Å². The average molecular weight is 294 g/mol. The van der Waals surface area contributed by atoms with Gasteiger partial charge in [-0.2, -0.15) is 0 Å². The highest BCUT2D eigenvalue weighted by molar-refractivity contribution is 5.97. The average Bonchev–Trinajstić information content (AvgIpc) is 2.49. The number of carbonyl (C=O) groups is 1. The molecule has 6 heteroatoms. The number of benzene rings is 1. The van der Waals surface area contributed by atoms with Crippen LogP contribution in [0.5, 0.6) is 17.2 Å². The van der Waals surface area contributed by atoms with Gasteiger partial charge in [0.25, 0.3) is 5.91 Å². The minimum atomic E-state index is -0.264. The molecular formula is C15H22N2O4. The van der Waals surface area contributed by atoms with Gasteiger partial charge in [-0.15, -0.1) is 0 Å². The van der Waals surface area contributed by atoms with E-state index >= 15 is 0 Å². The second-order valence-corrected chi connectivity index (χ2v) is 5.31. The van der Waals surface area contributed by atoms with Gasteiger partial charge < -0.3 is 25.3 Å². The number of rotatable bonds is 6. The predicted molar refractivity (Wildman–Crippen MR) is 79.2 cm³/mol. The highest BCUT2D eigenvalue weighted by Gasteiger charge is 2.33. The Bertz CT molecular complexity index is 527. The Morgan fingerprint density at radius 2 is 1.71 bits per heavy atom. The van der Waals surface area contributed by atoms with Crippen LogP contribution in [0, 0.1) is 0 Å². The molecule has 2 rings (SSSR count). The van der Waals surface area contributed by atoms with Crippen molar-refractivity contribution in [2.45, 2.75) is 24.8 Å². The largest absolute Gasteiger partial charge is 0.496 e. The van der Waals surface area contributed by atoms with Crippen molar-refractivity contribution in [1.82, 2.24) is 5.32 Å². The molecule has 0 spiro atoms. The summed E-state index contributed by atoms with van der Waals surface area (Å²) >= 11 is 0. The molecule has 1 aliphatic carbocycles. The van der Waals surface area contributed by atoms with E-state index in [1.165, 1.54) is 21.3 Å². The van der Waals surface area contributed by atoms with Crippen LogP contribution < -0.4 is 25.3 Å². The quantitative estimate of drug-likeness (QED) is 0.827. The molecule has 1 aromatic carbocycles. The first-order chi connectivity index (χ1) is 10.0. The normalized spacial score (nSPS) is 15.8. The maximum absolute atomic E-state index is 12.3. The first kappa shape index (κ1) is 15.4.